The molecule has 0 amide bonds. The summed E-state index contributed by atoms with van der Waals surface area (Å²) in [5.74, 6) is -3.09. The summed E-state index contributed by atoms with van der Waals surface area (Å²) in [6.45, 7) is 0. The third-order valence-electron chi connectivity index (χ3n) is 0.863. The molecule has 0 fully saturated rings. The van der Waals surface area contributed by atoms with E-state index in [1.807, 2.05) is 5.32 Å². The van der Waals surface area contributed by atoms with Crippen LogP contribution in [0, 0.1) is 0 Å². The number of carbonyl (C=O) groups is 1. The van der Waals surface area contributed by atoms with E-state index in [0.29, 0.717) is 0 Å². The van der Waals surface area contributed by atoms with Gasteiger partial charge in [-0.05, 0) is 0 Å². The van der Waals surface area contributed by atoms with Crippen LogP contribution in [0.3, 0.4) is 0 Å². The molecule has 4 heteroatoms. The molecule has 1 aliphatic heterocycles. The zero-order valence-corrected chi connectivity index (χ0v) is 3.96. The SMILES string of the molecule is O=C1C=CNC1(O)O. The normalized spacial score (nSPS) is 23.5. The highest BCUT2D eigenvalue weighted by molar-refractivity contribution is 5.97. The first kappa shape index (κ1) is 5.27. The molecule has 0 unspecified atom stereocenters. The van der Waals surface area contributed by atoms with E-state index in [1.54, 1.807) is 0 Å². The minimum atomic E-state index is -2.35. The molecule has 3 N–H and O–H groups in total. The van der Waals surface area contributed by atoms with E-state index in [1.165, 1.54) is 6.20 Å². The molecule has 8 heavy (non-hydrogen) atoms. The fourth-order valence-electron chi connectivity index (χ4n) is 0.421. The molecule has 0 atom stereocenters. The van der Waals surface area contributed by atoms with Crippen LogP contribution in [-0.2, 0) is 4.79 Å². The molecule has 0 aromatic carbocycles. The van der Waals surface area contributed by atoms with E-state index in [2.05, 4.69) is 0 Å². The van der Waals surface area contributed by atoms with Gasteiger partial charge in [0.05, 0.1) is 0 Å². The molecule has 0 radical (unpaired) electrons. The maximum absolute atomic E-state index is 10.2. The van der Waals surface area contributed by atoms with Crippen molar-refractivity contribution in [3.63, 3.8) is 0 Å². The van der Waals surface area contributed by atoms with Gasteiger partial charge in [0.1, 0.15) is 0 Å². The number of aliphatic hydroxyl groups is 2. The van der Waals surface area contributed by atoms with Crippen molar-refractivity contribution in [2.45, 2.75) is 5.91 Å². The summed E-state index contributed by atoms with van der Waals surface area (Å²) in [6, 6.07) is 0. The Balaban J connectivity index is 2.79. The molecule has 0 saturated carbocycles. The maximum atomic E-state index is 10.2. The van der Waals surface area contributed by atoms with Gasteiger partial charge in [-0.1, -0.05) is 0 Å². The van der Waals surface area contributed by atoms with Crippen LogP contribution < -0.4 is 5.32 Å². The third-order valence-corrected chi connectivity index (χ3v) is 0.863. The van der Waals surface area contributed by atoms with Gasteiger partial charge >= 0.3 is 5.91 Å². The zero-order valence-electron chi connectivity index (χ0n) is 3.96. The topological polar surface area (TPSA) is 69.6 Å². The molecular weight excluding hydrogens is 110 g/mol. The van der Waals surface area contributed by atoms with Crippen molar-refractivity contribution >= 4 is 5.78 Å². The lowest BCUT2D eigenvalue weighted by Gasteiger charge is -2.11. The van der Waals surface area contributed by atoms with Gasteiger partial charge in [-0.25, -0.2) is 0 Å². The third kappa shape index (κ3) is 0.595. The number of carbonyl (C=O) groups excluding carboxylic acids is 1. The summed E-state index contributed by atoms with van der Waals surface area (Å²) in [5, 5.41) is 19.0. The minimum Gasteiger partial charge on any atom is -0.343 e. The van der Waals surface area contributed by atoms with E-state index in [9.17, 15) is 4.79 Å². The minimum absolute atomic E-state index is 0.738. The fraction of sp³-hybridized carbons (Fsp3) is 0.250. The van der Waals surface area contributed by atoms with Crippen LogP contribution in [0.1, 0.15) is 0 Å². The Bertz CT molecular complexity index is 149. The van der Waals surface area contributed by atoms with Gasteiger partial charge in [0.25, 0.3) is 0 Å². The molecule has 1 heterocycles. The summed E-state index contributed by atoms with van der Waals surface area (Å²) in [4.78, 5) is 10.2. The molecule has 0 aromatic rings. The average molecular weight is 115 g/mol. The Morgan fingerprint density at radius 2 is 2.25 bits per heavy atom. The largest absolute Gasteiger partial charge is 0.343 e. The van der Waals surface area contributed by atoms with Gasteiger partial charge in [0.2, 0.25) is 5.78 Å². The zero-order chi connectivity index (χ0) is 6.20. The van der Waals surface area contributed by atoms with Crippen molar-refractivity contribution in [3.05, 3.63) is 12.3 Å². The van der Waals surface area contributed by atoms with Crippen LogP contribution in [0.4, 0.5) is 0 Å². The van der Waals surface area contributed by atoms with Crippen molar-refractivity contribution in [2.75, 3.05) is 0 Å². The van der Waals surface area contributed by atoms with Crippen LogP contribution in [-0.4, -0.2) is 21.9 Å². The van der Waals surface area contributed by atoms with Crippen LogP contribution in [0.2, 0.25) is 0 Å². The highest BCUT2D eigenvalue weighted by Crippen LogP contribution is 2.02. The average Bonchev–Trinajstić information content (AvgIpc) is 1.86. The molecule has 4 nitrogen and oxygen atoms in total. The van der Waals surface area contributed by atoms with E-state index in [-0.39, 0.29) is 0 Å². The summed E-state index contributed by atoms with van der Waals surface area (Å²) in [7, 11) is 0. The van der Waals surface area contributed by atoms with E-state index in [4.69, 9.17) is 10.2 Å². The first-order chi connectivity index (χ1) is 3.63. The standard InChI is InChI=1S/C4H5NO3/c6-3-1-2-5-4(3,7)8/h1-2,5,7-8H. The molecule has 0 spiro atoms. The van der Waals surface area contributed by atoms with E-state index in [0.717, 1.165) is 6.08 Å². The van der Waals surface area contributed by atoms with Crippen molar-refractivity contribution in [1.29, 1.82) is 0 Å². The molecule has 1 rings (SSSR count). The number of rotatable bonds is 0. The molecule has 1 aliphatic rings. The van der Waals surface area contributed by atoms with E-state index < -0.39 is 11.7 Å². The lowest BCUT2D eigenvalue weighted by atomic mass is 10.3. The van der Waals surface area contributed by atoms with Gasteiger partial charge < -0.3 is 15.5 Å². The molecule has 0 saturated heterocycles. The Hall–Kier alpha value is -0.870. The van der Waals surface area contributed by atoms with Crippen LogP contribution in [0.25, 0.3) is 0 Å². The first-order valence-electron chi connectivity index (χ1n) is 2.06. The molecular formula is C4H5NO3. The van der Waals surface area contributed by atoms with Crippen molar-refractivity contribution in [1.82, 2.24) is 5.32 Å². The number of hydrogen-bond acceptors (Lipinski definition) is 4. The van der Waals surface area contributed by atoms with Crippen molar-refractivity contribution in [2.24, 2.45) is 0 Å². The second-order valence-corrected chi connectivity index (χ2v) is 1.51. The van der Waals surface area contributed by atoms with Gasteiger partial charge in [-0.3, -0.25) is 4.79 Å². The summed E-state index contributed by atoms with van der Waals surface area (Å²) in [6.07, 6.45) is 2.24. The fourth-order valence-corrected chi connectivity index (χ4v) is 0.421. The molecule has 0 aromatic heterocycles. The van der Waals surface area contributed by atoms with Crippen LogP contribution >= 0.6 is 0 Å². The smallest absolute Gasteiger partial charge is 0.311 e. The predicted octanol–water partition coefficient (Wildman–Crippen LogP) is -1.69. The predicted molar refractivity (Wildman–Crippen MR) is 24.5 cm³/mol. The lowest BCUT2D eigenvalue weighted by Crippen LogP contribution is -2.44. The molecule has 44 valence electrons. The summed E-state index contributed by atoms with van der Waals surface area (Å²) < 4.78 is 0. The van der Waals surface area contributed by atoms with Gasteiger partial charge in [-0.2, -0.15) is 0 Å². The Morgan fingerprint density at radius 3 is 2.38 bits per heavy atom. The number of ketones is 1. The van der Waals surface area contributed by atoms with Gasteiger partial charge in [0, 0.05) is 12.3 Å². The van der Waals surface area contributed by atoms with Crippen LogP contribution in [0.5, 0.6) is 0 Å². The van der Waals surface area contributed by atoms with Crippen LogP contribution in [0.15, 0.2) is 12.3 Å². The maximum Gasteiger partial charge on any atom is 0.311 e. The number of hydrogen-bond donors (Lipinski definition) is 3. The second kappa shape index (κ2) is 1.30. The monoisotopic (exact) mass is 115 g/mol. The Morgan fingerprint density at radius 1 is 1.62 bits per heavy atom. The summed E-state index contributed by atoms with van der Waals surface area (Å²) in [5.41, 5.74) is 0. The molecule has 0 bridgehead atoms. The van der Waals surface area contributed by atoms with Crippen molar-refractivity contribution in [3.8, 4) is 0 Å². The van der Waals surface area contributed by atoms with Crippen molar-refractivity contribution < 1.29 is 15.0 Å². The number of nitrogens with one attached hydrogen (secondary N) is 1. The Labute approximate surface area is 45.4 Å². The molecule has 0 aliphatic carbocycles. The Kier molecular flexibility index (Phi) is 0.858. The highest BCUT2D eigenvalue weighted by Gasteiger charge is 2.33. The first-order valence-corrected chi connectivity index (χ1v) is 2.06. The van der Waals surface area contributed by atoms with E-state index >= 15 is 0 Å². The van der Waals surface area contributed by atoms with Gasteiger partial charge in [0.15, 0.2) is 0 Å². The van der Waals surface area contributed by atoms with Gasteiger partial charge in [-0.15, -0.1) is 0 Å². The second-order valence-electron chi connectivity index (χ2n) is 1.51. The highest BCUT2D eigenvalue weighted by atomic mass is 16.5. The summed E-state index contributed by atoms with van der Waals surface area (Å²) >= 11 is 0. The quantitative estimate of drug-likeness (QED) is 0.329. The lowest BCUT2D eigenvalue weighted by molar-refractivity contribution is -0.181.